The molecule has 1 aromatic carbocycles. The van der Waals surface area contributed by atoms with Gasteiger partial charge in [0, 0.05) is 29.6 Å². The number of hydrogen-bond donors (Lipinski definition) is 1. The van der Waals surface area contributed by atoms with Crippen molar-refractivity contribution >= 4 is 22.2 Å². The van der Waals surface area contributed by atoms with Crippen LogP contribution in [0.5, 0.6) is 11.6 Å². The summed E-state index contributed by atoms with van der Waals surface area (Å²) in [6, 6.07) is 11.9. The zero-order valence-corrected chi connectivity index (χ0v) is 20.2. The SMILES string of the molecule is CC(C)(C)c1ccccc1Oc1ncccc1Nc1nc(C(C)(C)C)c(-n2ccnc2)s1. The molecule has 0 amide bonds. The molecular weight excluding hydrogens is 418 g/mol. The lowest BCUT2D eigenvalue weighted by Gasteiger charge is -2.22. The van der Waals surface area contributed by atoms with Crippen LogP contribution >= 0.6 is 11.3 Å². The summed E-state index contributed by atoms with van der Waals surface area (Å²) in [5.74, 6) is 1.32. The van der Waals surface area contributed by atoms with Crippen molar-refractivity contribution in [2.45, 2.75) is 52.4 Å². The smallest absolute Gasteiger partial charge is 0.243 e. The van der Waals surface area contributed by atoms with Crippen molar-refractivity contribution in [3.8, 4) is 16.6 Å². The molecule has 32 heavy (non-hydrogen) atoms. The molecule has 166 valence electrons. The maximum absolute atomic E-state index is 6.30. The second-order valence-corrected chi connectivity index (χ2v) is 10.7. The number of nitrogens with zero attached hydrogens (tertiary/aromatic N) is 4. The van der Waals surface area contributed by atoms with Gasteiger partial charge in [-0.15, -0.1) is 0 Å². The fourth-order valence-corrected chi connectivity index (χ4v) is 4.51. The molecule has 0 unspecified atom stereocenters. The number of ether oxygens (including phenoxy) is 1. The third-order valence-electron chi connectivity index (χ3n) is 4.97. The first-order valence-corrected chi connectivity index (χ1v) is 11.4. The summed E-state index contributed by atoms with van der Waals surface area (Å²) in [6.07, 6.45) is 7.25. The molecular formula is C25H29N5OS. The van der Waals surface area contributed by atoms with E-state index in [0.717, 1.165) is 32.8 Å². The second kappa shape index (κ2) is 8.39. The summed E-state index contributed by atoms with van der Waals surface area (Å²) in [4.78, 5) is 13.6. The van der Waals surface area contributed by atoms with E-state index in [0.29, 0.717) is 5.88 Å². The Morgan fingerprint density at radius 3 is 2.41 bits per heavy atom. The second-order valence-electron chi connectivity index (χ2n) is 9.72. The van der Waals surface area contributed by atoms with Gasteiger partial charge in [-0.25, -0.2) is 15.0 Å². The minimum Gasteiger partial charge on any atom is -0.437 e. The van der Waals surface area contributed by atoms with Gasteiger partial charge < -0.3 is 10.1 Å². The Balaban J connectivity index is 1.69. The predicted octanol–water partition coefficient (Wildman–Crippen LogP) is 6.85. The van der Waals surface area contributed by atoms with Gasteiger partial charge in [0.2, 0.25) is 5.88 Å². The molecule has 7 heteroatoms. The number of para-hydroxylation sites is 1. The first kappa shape index (κ1) is 22.0. The van der Waals surface area contributed by atoms with Gasteiger partial charge >= 0.3 is 0 Å². The normalized spacial score (nSPS) is 12.1. The summed E-state index contributed by atoms with van der Waals surface area (Å²) in [5, 5.41) is 5.25. The van der Waals surface area contributed by atoms with Gasteiger partial charge in [-0.1, -0.05) is 71.1 Å². The fourth-order valence-electron chi connectivity index (χ4n) is 3.37. The van der Waals surface area contributed by atoms with Crippen LogP contribution in [0.4, 0.5) is 10.8 Å². The molecule has 0 aliphatic carbocycles. The molecule has 4 rings (SSSR count). The lowest BCUT2D eigenvalue weighted by Crippen LogP contribution is -2.14. The van der Waals surface area contributed by atoms with E-state index in [2.05, 4.69) is 62.9 Å². The molecule has 0 aliphatic heterocycles. The molecule has 0 radical (unpaired) electrons. The monoisotopic (exact) mass is 447 g/mol. The Kier molecular flexibility index (Phi) is 5.77. The van der Waals surface area contributed by atoms with Crippen molar-refractivity contribution in [2.75, 3.05) is 5.32 Å². The number of aromatic nitrogens is 4. The molecule has 0 atom stereocenters. The zero-order chi connectivity index (χ0) is 22.9. The summed E-state index contributed by atoms with van der Waals surface area (Å²) in [6.45, 7) is 13.0. The Bertz CT molecular complexity index is 1200. The van der Waals surface area contributed by atoms with Crippen LogP contribution in [-0.2, 0) is 10.8 Å². The van der Waals surface area contributed by atoms with E-state index in [-0.39, 0.29) is 10.8 Å². The van der Waals surface area contributed by atoms with Crippen molar-refractivity contribution in [1.82, 2.24) is 19.5 Å². The van der Waals surface area contributed by atoms with Crippen molar-refractivity contribution < 1.29 is 4.74 Å². The summed E-state index contributed by atoms with van der Waals surface area (Å²) >= 11 is 1.58. The van der Waals surface area contributed by atoms with Crippen LogP contribution in [0, 0.1) is 0 Å². The van der Waals surface area contributed by atoms with E-state index >= 15 is 0 Å². The number of hydrogen-bond acceptors (Lipinski definition) is 6. The third kappa shape index (κ3) is 4.67. The third-order valence-corrected chi connectivity index (χ3v) is 5.96. The Labute approximate surface area is 193 Å². The van der Waals surface area contributed by atoms with Crippen molar-refractivity contribution in [3.63, 3.8) is 0 Å². The molecule has 0 saturated carbocycles. The molecule has 0 spiro atoms. The first-order valence-electron chi connectivity index (χ1n) is 10.6. The van der Waals surface area contributed by atoms with Crippen LogP contribution in [0.3, 0.4) is 0 Å². The van der Waals surface area contributed by atoms with E-state index in [9.17, 15) is 0 Å². The lowest BCUT2D eigenvalue weighted by molar-refractivity contribution is 0.442. The van der Waals surface area contributed by atoms with Gasteiger partial charge in [-0.05, 0) is 23.6 Å². The van der Waals surface area contributed by atoms with E-state index < -0.39 is 0 Å². The average Bonchev–Trinajstić information content (AvgIpc) is 3.38. The molecule has 0 bridgehead atoms. The van der Waals surface area contributed by atoms with Crippen LogP contribution in [0.1, 0.15) is 52.8 Å². The Morgan fingerprint density at radius 2 is 1.72 bits per heavy atom. The first-order chi connectivity index (χ1) is 15.1. The maximum Gasteiger partial charge on any atom is 0.243 e. The Hall–Kier alpha value is -3.19. The maximum atomic E-state index is 6.30. The van der Waals surface area contributed by atoms with E-state index in [4.69, 9.17) is 9.72 Å². The number of imidazole rings is 1. The predicted molar refractivity (Wildman–Crippen MR) is 131 cm³/mol. The number of thiazole rings is 1. The lowest BCUT2D eigenvalue weighted by atomic mass is 9.86. The molecule has 0 aliphatic rings. The van der Waals surface area contributed by atoms with Crippen LogP contribution < -0.4 is 10.1 Å². The van der Waals surface area contributed by atoms with Gasteiger partial charge in [0.15, 0.2) is 5.13 Å². The number of benzene rings is 1. The highest BCUT2D eigenvalue weighted by atomic mass is 32.1. The molecule has 1 N–H and O–H groups in total. The largest absolute Gasteiger partial charge is 0.437 e. The average molecular weight is 448 g/mol. The topological polar surface area (TPSA) is 64.9 Å². The number of rotatable bonds is 5. The van der Waals surface area contributed by atoms with Crippen LogP contribution in [0.2, 0.25) is 0 Å². The van der Waals surface area contributed by atoms with Gasteiger partial charge in [0.1, 0.15) is 16.4 Å². The minimum absolute atomic E-state index is 0.0460. The fraction of sp³-hybridized carbons (Fsp3) is 0.320. The standard InChI is InChI=1S/C25H29N5OS/c1-24(2,3)17-10-7-8-12-19(17)31-21-18(11-9-13-27-21)28-23-29-20(25(4,5)6)22(32-23)30-15-14-26-16-30/h7-16H,1-6H3,(H,28,29). The molecule has 6 nitrogen and oxygen atoms in total. The van der Waals surface area contributed by atoms with Crippen molar-refractivity contribution in [1.29, 1.82) is 0 Å². The highest BCUT2D eigenvalue weighted by Crippen LogP contribution is 2.39. The highest BCUT2D eigenvalue weighted by Gasteiger charge is 2.25. The van der Waals surface area contributed by atoms with Crippen LogP contribution in [-0.4, -0.2) is 19.5 Å². The van der Waals surface area contributed by atoms with E-state index in [1.807, 2.05) is 41.1 Å². The van der Waals surface area contributed by atoms with Crippen molar-refractivity contribution in [3.05, 3.63) is 72.6 Å². The van der Waals surface area contributed by atoms with Gasteiger partial charge in [-0.3, -0.25) is 4.57 Å². The summed E-state index contributed by atoms with van der Waals surface area (Å²) < 4.78 is 8.31. The van der Waals surface area contributed by atoms with Crippen molar-refractivity contribution in [2.24, 2.45) is 0 Å². The van der Waals surface area contributed by atoms with Gasteiger partial charge in [0.05, 0.1) is 12.0 Å². The quantitative estimate of drug-likeness (QED) is 0.362. The molecule has 0 fully saturated rings. The molecule has 3 heterocycles. The number of pyridine rings is 1. The number of anilines is 2. The highest BCUT2D eigenvalue weighted by molar-refractivity contribution is 7.18. The zero-order valence-electron chi connectivity index (χ0n) is 19.4. The number of nitrogens with one attached hydrogen (secondary N) is 1. The van der Waals surface area contributed by atoms with Gasteiger partial charge in [0.25, 0.3) is 0 Å². The minimum atomic E-state index is -0.115. The molecule has 0 saturated heterocycles. The van der Waals surface area contributed by atoms with Crippen LogP contribution in [0.15, 0.2) is 61.3 Å². The van der Waals surface area contributed by atoms with Crippen LogP contribution in [0.25, 0.3) is 5.00 Å². The van der Waals surface area contributed by atoms with Gasteiger partial charge in [-0.2, -0.15) is 0 Å². The molecule has 4 aromatic rings. The summed E-state index contributed by atoms with van der Waals surface area (Å²) in [5.41, 5.74) is 2.74. The van der Waals surface area contributed by atoms with E-state index in [1.165, 1.54) is 0 Å². The summed E-state index contributed by atoms with van der Waals surface area (Å²) in [7, 11) is 0. The molecule has 3 aromatic heterocycles. The van der Waals surface area contributed by atoms with E-state index in [1.54, 1.807) is 30.1 Å². The Morgan fingerprint density at radius 1 is 0.938 bits per heavy atom.